The predicted molar refractivity (Wildman–Crippen MR) is 64.4 cm³/mol. The molecular weight excluding hydrogens is 234 g/mol. The second-order valence-electron chi connectivity index (χ2n) is 4.44. The molecule has 0 saturated heterocycles. The van der Waals surface area contributed by atoms with Crippen molar-refractivity contribution in [2.75, 3.05) is 6.54 Å². The van der Waals surface area contributed by atoms with Gasteiger partial charge in [0.25, 0.3) is 5.91 Å². The summed E-state index contributed by atoms with van der Waals surface area (Å²) in [5.74, 6) is -0.990. The van der Waals surface area contributed by atoms with Crippen molar-refractivity contribution in [3.63, 3.8) is 0 Å². The van der Waals surface area contributed by atoms with E-state index in [-0.39, 0.29) is 12.3 Å². The molecule has 0 atom stereocenters. The third-order valence-corrected chi connectivity index (χ3v) is 3.08. The molecule has 0 radical (unpaired) electrons. The molecule has 1 aliphatic rings. The van der Waals surface area contributed by atoms with E-state index in [1.807, 2.05) is 4.68 Å². The number of aromatic nitrogens is 2. The molecule has 1 amide bonds. The highest BCUT2D eigenvalue weighted by molar-refractivity contribution is 5.95. The molecule has 0 aromatic carbocycles. The van der Waals surface area contributed by atoms with E-state index in [2.05, 4.69) is 10.4 Å². The van der Waals surface area contributed by atoms with Crippen LogP contribution >= 0.6 is 0 Å². The second-order valence-corrected chi connectivity index (χ2v) is 4.44. The number of carbonyl (C=O) groups is 2. The first-order valence-corrected chi connectivity index (χ1v) is 6.23. The van der Waals surface area contributed by atoms with Crippen LogP contribution in [0, 0.1) is 0 Å². The Balaban J connectivity index is 1.89. The fourth-order valence-electron chi connectivity index (χ4n) is 2.15. The van der Waals surface area contributed by atoms with Gasteiger partial charge in [-0.1, -0.05) is 0 Å². The summed E-state index contributed by atoms with van der Waals surface area (Å²) in [5, 5.41) is 15.4. The van der Waals surface area contributed by atoms with Crippen LogP contribution in [0.25, 0.3) is 0 Å². The van der Waals surface area contributed by atoms with Crippen molar-refractivity contribution in [1.29, 1.82) is 0 Å². The van der Waals surface area contributed by atoms with Crippen LogP contribution in [0.15, 0.2) is 6.20 Å². The van der Waals surface area contributed by atoms with Gasteiger partial charge in [-0.3, -0.25) is 14.3 Å². The van der Waals surface area contributed by atoms with Gasteiger partial charge in [0.1, 0.15) is 0 Å². The summed E-state index contributed by atoms with van der Waals surface area (Å²) >= 11 is 0. The van der Waals surface area contributed by atoms with Crippen molar-refractivity contribution in [1.82, 2.24) is 15.1 Å². The number of aryl methyl sites for hydroxylation is 1. The zero-order chi connectivity index (χ0) is 13.0. The van der Waals surface area contributed by atoms with Gasteiger partial charge in [-0.05, 0) is 25.7 Å². The van der Waals surface area contributed by atoms with Crippen molar-refractivity contribution in [3.05, 3.63) is 17.5 Å². The Morgan fingerprint density at radius 3 is 3.06 bits per heavy atom. The number of amides is 1. The normalized spacial score (nSPS) is 14.0. The van der Waals surface area contributed by atoms with Crippen LogP contribution in [-0.4, -0.2) is 33.3 Å². The minimum absolute atomic E-state index is 0.0758. The van der Waals surface area contributed by atoms with Crippen LogP contribution in [0.1, 0.15) is 41.7 Å². The molecule has 0 unspecified atom stereocenters. The van der Waals surface area contributed by atoms with Crippen LogP contribution in [0.5, 0.6) is 0 Å². The number of aliphatic carboxylic acids is 1. The van der Waals surface area contributed by atoms with E-state index < -0.39 is 5.97 Å². The average molecular weight is 251 g/mol. The molecule has 18 heavy (non-hydrogen) atoms. The van der Waals surface area contributed by atoms with E-state index in [9.17, 15) is 9.59 Å². The number of hydrogen-bond acceptors (Lipinski definition) is 3. The fraction of sp³-hybridized carbons (Fsp3) is 0.583. The Bertz CT molecular complexity index is 453. The topological polar surface area (TPSA) is 84.2 Å². The first-order valence-electron chi connectivity index (χ1n) is 6.23. The Morgan fingerprint density at radius 2 is 2.28 bits per heavy atom. The van der Waals surface area contributed by atoms with Crippen LogP contribution in [0.2, 0.25) is 0 Å². The van der Waals surface area contributed by atoms with Gasteiger partial charge in [-0.25, -0.2) is 0 Å². The van der Waals surface area contributed by atoms with Crippen LogP contribution in [-0.2, 0) is 17.8 Å². The van der Waals surface area contributed by atoms with E-state index in [4.69, 9.17) is 5.11 Å². The summed E-state index contributed by atoms with van der Waals surface area (Å²) in [5.41, 5.74) is 1.63. The molecule has 2 N–H and O–H groups in total. The molecular formula is C12H17N3O3. The lowest BCUT2D eigenvalue weighted by Gasteiger charge is -2.14. The number of carboxylic acids is 1. The van der Waals surface area contributed by atoms with E-state index in [1.54, 1.807) is 6.20 Å². The summed E-state index contributed by atoms with van der Waals surface area (Å²) in [6.07, 6.45) is 5.21. The van der Waals surface area contributed by atoms with E-state index in [0.29, 0.717) is 18.5 Å². The minimum Gasteiger partial charge on any atom is -0.481 e. The predicted octanol–water partition coefficient (Wildman–Crippen LogP) is 0.814. The summed E-state index contributed by atoms with van der Waals surface area (Å²) < 4.78 is 1.88. The molecule has 2 heterocycles. The highest BCUT2D eigenvalue weighted by Gasteiger charge is 2.19. The Hall–Kier alpha value is -1.85. The highest BCUT2D eigenvalue weighted by Crippen LogP contribution is 2.17. The van der Waals surface area contributed by atoms with Crippen molar-refractivity contribution in [2.45, 2.75) is 38.6 Å². The van der Waals surface area contributed by atoms with Gasteiger partial charge in [-0.2, -0.15) is 5.10 Å². The van der Waals surface area contributed by atoms with Gasteiger partial charge < -0.3 is 10.4 Å². The molecule has 0 saturated carbocycles. The number of fused-ring (bicyclic) bond motifs is 1. The summed E-state index contributed by atoms with van der Waals surface area (Å²) in [6.45, 7) is 1.26. The number of carboxylic acid groups (broad SMARTS) is 1. The molecule has 1 aliphatic heterocycles. The molecule has 0 bridgehead atoms. The van der Waals surface area contributed by atoms with Crippen molar-refractivity contribution >= 4 is 11.9 Å². The minimum atomic E-state index is -0.841. The summed E-state index contributed by atoms with van der Waals surface area (Å²) in [6, 6.07) is 0. The van der Waals surface area contributed by atoms with Gasteiger partial charge in [0.2, 0.25) is 0 Å². The summed E-state index contributed by atoms with van der Waals surface area (Å²) in [7, 11) is 0. The SMILES string of the molecule is O=C(O)CCCNC(=O)c1cnn2c1CCCC2. The Kier molecular flexibility index (Phi) is 3.96. The zero-order valence-corrected chi connectivity index (χ0v) is 10.2. The standard InChI is InChI=1S/C12H17N3O3/c16-11(17)5-3-6-13-12(18)9-8-14-15-7-2-1-4-10(9)15/h8H,1-7H2,(H,13,18)(H,16,17). The number of carbonyl (C=O) groups excluding carboxylic acids is 1. The number of rotatable bonds is 5. The van der Waals surface area contributed by atoms with E-state index >= 15 is 0 Å². The number of nitrogens with one attached hydrogen (secondary N) is 1. The average Bonchev–Trinajstić information content (AvgIpc) is 2.78. The lowest BCUT2D eigenvalue weighted by molar-refractivity contribution is -0.137. The molecule has 1 aromatic rings. The van der Waals surface area contributed by atoms with Crippen molar-refractivity contribution in [3.8, 4) is 0 Å². The highest BCUT2D eigenvalue weighted by atomic mass is 16.4. The Labute approximate surface area is 105 Å². The second kappa shape index (κ2) is 5.66. The lowest BCUT2D eigenvalue weighted by atomic mass is 10.1. The molecule has 98 valence electrons. The molecule has 2 rings (SSSR count). The summed E-state index contributed by atoms with van der Waals surface area (Å²) in [4.78, 5) is 22.2. The third-order valence-electron chi connectivity index (χ3n) is 3.08. The van der Waals surface area contributed by atoms with Crippen molar-refractivity contribution < 1.29 is 14.7 Å². The Morgan fingerprint density at radius 1 is 1.44 bits per heavy atom. The molecule has 0 aliphatic carbocycles. The maximum atomic E-state index is 11.9. The first kappa shape index (κ1) is 12.6. The molecule has 0 spiro atoms. The molecule has 6 heteroatoms. The third kappa shape index (κ3) is 2.88. The van der Waals surface area contributed by atoms with Gasteiger partial charge >= 0.3 is 5.97 Å². The monoisotopic (exact) mass is 251 g/mol. The van der Waals surface area contributed by atoms with Gasteiger partial charge in [0.05, 0.1) is 17.5 Å². The van der Waals surface area contributed by atoms with Crippen LogP contribution < -0.4 is 5.32 Å². The molecule has 0 fully saturated rings. The number of nitrogens with zero attached hydrogens (tertiary/aromatic N) is 2. The van der Waals surface area contributed by atoms with Gasteiger partial charge in [0, 0.05) is 19.5 Å². The number of hydrogen-bond donors (Lipinski definition) is 2. The van der Waals surface area contributed by atoms with E-state index in [1.165, 1.54) is 0 Å². The molecule has 1 aromatic heterocycles. The maximum Gasteiger partial charge on any atom is 0.303 e. The smallest absolute Gasteiger partial charge is 0.303 e. The quantitative estimate of drug-likeness (QED) is 0.759. The fourth-order valence-corrected chi connectivity index (χ4v) is 2.15. The van der Waals surface area contributed by atoms with Gasteiger partial charge in [0.15, 0.2) is 0 Å². The van der Waals surface area contributed by atoms with Gasteiger partial charge in [-0.15, -0.1) is 0 Å². The maximum absolute atomic E-state index is 11.9. The first-order chi connectivity index (χ1) is 8.68. The van der Waals surface area contributed by atoms with Crippen LogP contribution in [0.4, 0.5) is 0 Å². The van der Waals surface area contributed by atoms with Crippen molar-refractivity contribution in [2.24, 2.45) is 0 Å². The largest absolute Gasteiger partial charge is 0.481 e. The van der Waals surface area contributed by atoms with Crippen LogP contribution in [0.3, 0.4) is 0 Å². The lowest BCUT2D eigenvalue weighted by Crippen LogP contribution is -2.26. The zero-order valence-electron chi connectivity index (χ0n) is 10.2. The van der Waals surface area contributed by atoms with E-state index in [0.717, 1.165) is 31.5 Å². The molecule has 6 nitrogen and oxygen atoms in total.